The fraction of sp³-hybridized carbons (Fsp3) is 0.409. The minimum atomic E-state index is -3.48. The minimum Gasteiger partial charge on any atom is -0.493 e. The van der Waals surface area contributed by atoms with E-state index in [1.807, 2.05) is 6.07 Å². The Labute approximate surface area is 172 Å². The zero-order valence-electron chi connectivity index (χ0n) is 16.8. The molecule has 0 radical (unpaired) electrons. The number of hydrogen-bond acceptors (Lipinski definition) is 4. The third-order valence-corrected chi connectivity index (χ3v) is 6.87. The van der Waals surface area contributed by atoms with Gasteiger partial charge in [-0.05, 0) is 55.7 Å². The molecule has 0 unspecified atom stereocenters. The van der Waals surface area contributed by atoms with Gasteiger partial charge in [-0.25, -0.2) is 8.42 Å². The van der Waals surface area contributed by atoms with Crippen LogP contribution in [0.25, 0.3) is 0 Å². The number of nitrogens with one attached hydrogen (secondary N) is 1. The van der Waals surface area contributed by atoms with Gasteiger partial charge in [0.2, 0.25) is 10.0 Å². The van der Waals surface area contributed by atoms with E-state index in [1.165, 1.54) is 4.31 Å². The van der Waals surface area contributed by atoms with E-state index in [0.29, 0.717) is 36.7 Å². The Morgan fingerprint density at radius 3 is 2.41 bits per heavy atom. The molecule has 1 heterocycles. The summed E-state index contributed by atoms with van der Waals surface area (Å²) in [7, 11) is -3.48. The first-order chi connectivity index (χ1) is 14.0. The van der Waals surface area contributed by atoms with Crippen LogP contribution in [-0.4, -0.2) is 38.3 Å². The molecule has 1 amide bonds. The van der Waals surface area contributed by atoms with Gasteiger partial charge in [0.1, 0.15) is 5.75 Å². The molecule has 7 heteroatoms. The number of carbonyl (C=O) groups is 1. The zero-order chi connectivity index (χ0) is 20.7. The van der Waals surface area contributed by atoms with Crippen molar-refractivity contribution in [2.24, 2.45) is 0 Å². The van der Waals surface area contributed by atoms with Gasteiger partial charge in [0.05, 0.1) is 17.1 Å². The SMILES string of the molecule is CCCCOc1ccccc1C(=O)Nc1ccc(S(=O)(=O)N2CCCCC2)cc1. The van der Waals surface area contributed by atoms with Crippen molar-refractivity contribution in [3.05, 3.63) is 54.1 Å². The van der Waals surface area contributed by atoms with Crippen LogP contribution in [-0.2, 0) is 10.0 Å². The fourth-order valence-electron chi connectivity index (χ4n) is 3.27. The van der Waals surface area contributed by atoms with Gasteiger partial charge in [0.25, 0.3) is 5.91 Å². The lowest BCUT2D eigenvalue weighted by molar-refractivity contribution is 0.102. The number of unbranched alkanes of at least 4 members (excludes halogenated alkanes) is 1. The Morgan fingerprint density at radius 1 is 1.03 bits per heavy atom. The molecular formula is C22H28N2O4S. The molecule has 0 spiro atoms. The predicted molar refractivity (Wildman–Crippen MR) is 114 cm³/mol. The van der Waals surface area contributed by atoms with Crippen molar-refractivity contribution >= 4 is 21.6 Å². The van der Waals surface area contributed by atoms with Gasteiger partial charge in [0.15, 0.2) is 0 Å². The Morgan fingerprint density at radius 2 is 1.72 bits per heavy atom. The molecule has 0 aromatic heterocycles. The van der Waals surface area contributed by atoms with Gasteiger partial charge in [-0.15, -0.1) is 0 Å². The van der Waals surface area contributed by atoms with E-state index in [9.17, 15) is 13.2 Å². The number of anilines is 1. The molecule has 1 saturated heterocycles. The number of rotatable bonds is 8. The maximum Gasteiger partial charge on any atom is 0.259 e. The molecule has 1 fully saturated rings. The molecule has 2 aromatic carbocycles. The van der Waals surface area contributed by atoms with E-state index in [0.717, 1.165) is 32.1 Å². The highest BCUT2D eigenvalue weighted by Crippen LogP contribution is 2.23. The van der Waals surface area contributed by atoms with E-state index < -0.39 is 10.0 Å². The van der Waals surface area contributed by atoms with E-state index in [4.69, 9.17) is 4.74 Å². The second-order valence-electron chi connectivity index (χ2n) is 7.14. The highest BCUT2D eigenvalue weighted by molar-refractivity contribution is 7.89. The lowest BCUT2D eigenvalue weighted by atomic mass is 10.2. The van der Waals surface area contributed by atoms with Crippen LogP contribution in [0.4, 0.5) is 5.69 Å². The Balaban J connectivity index is 1.69. The summed E-state index contributed by atoms with van der Waals surface area (Å²) < 4.78 is 32.7. The Bertz CT molecular complexity index is 920. The average Bonchev–Trinajstić information content (AvgIpc) is 2.75. The smallest absolute Gasteiger partial charge is 0.259 e. The predicted octanol–water partition coefficient (Wildman–Crippen LogP) is 4.29. The van der Waals surface area contributed by atoms with Crippen LogP contribution in [0.2, 0.25) is 0 Å². The normalized spacial score (nSPS) is 15.1. The first kappa shape index (κ1) is 21.3. The Hall–Kier alpha value is -2.38. The van der Waals surface area contributed by atoms with Crippen molar-refractivity contribution < 1.29 is 17.9 Å². The third kappa shape index (κ3) is 5.36. The number of piperidine rings is 1. The van der Waals surface area contributed by atoms with Crippen LogP contribution >= 0.6 is 0 Å². The number of sulfonamides is 1. The molecule has 1 aliphatic rings. The number of para-hydroxylation sites is 1. The molecule has 6 nitrogen and oxygen atoms in total. The zero-order valence-corrected chi connectivity index (χ0v) is 17.6. The first-order valence-corrected chi connectivity index (χ1v) is 11.6. The van der Waals surface area contributed by atoms with Crippen LogP contribution in [0.1, 0.15) is 49.4 Å². The number of nitrogens with zero attached hydrogens (tertiary/aromatic N) is 1. The number of ether oxygens (including phenoxy) is 1. The summed E-state index contributed by atoms with van der Waals surface area (Å²) >= 11 is 0. The van der Waals surface area contributed by atoms with Gasteiger partial charge in [-0.3, -0.25) is 4.79 Å². The quantitative estimate of drug-likeness (QED) is 0.651. The summed E-state index contributed by atoms with van der Waals surface area (Å²) in [5.41, 5.74) is 0.990. The van der Waals surface area contributed by atoms with E-state index in [-0.39, 0.29) is 10.8 Å². The second-order valence-corrected chi connectivity index (χ2v) is 9.08. The average molecular weight is 417 g/mol. The number of carbonyl (C=O) groups excluding carboxylic acids is 1. The maximum atomic E-state index is 12.7. The minimum absolute atomic E-state index is 0.251. The lowest BCUT2D eigenvalue weighted by Crippen LogP contribution is -2.35. The van der Waals surface area contributed by atoms with Gasteiger partial charge in [-0.2, -0.15) is 4.31 Å². The summed E-state index contributed by atoms with van der Waals surface area (Å²) in [5.74, 6) is 0.256. The summed E-state index contributed by atoms with van der Waals surface area (Å²) in [6, 6.07) is 13.4. The largest absolute Gasteiger partial charge is 0.493 e. The van der Waals surface area contributed by atoms with Crippen molar-refractivity contribution in [1.82, 2.24) is 4.31 Å². The standard InChI is InChI=1S/C22H28N2O4S/c1-2-3-17-28-21-10-6-5-9-20(21)22(25)23-18-11-13-19(14-12-18)29(26,27)24-15-7-4-8-16-24/h5-6,9-14H,2-4,7-8,15-17H2,1H3,(H,23,25). The maximum absolute atomic E-state index is 12.7. The molecule has 0 bridgehead atoms. The van der Waals surface area contributed by atoms with Gasteiger partial charge >= 0.3 is 0 Å². The highest BCUT2D eigenvalue weighted by atomic mass is 32.2. The van der Waals surface area contributed by atoms with Crippen LogP contribution in [0.3, 0.4) is 0 Å². The van der Waals surface area contributed by atoms with E-state index in [2.05, 4.69) is 12.2 Å². The molecule has 156 valence electrons. The third-order valence-electron chi connectivity index (χ3n) is 4.95. The van der Waals surface area contributed by atoms with Crippen molar-refractivity contribution in [2.45, 2.75) is 43.9 Å². The van der Waals surface area contributed by atoms with Crippen LogP contribution in [0.15, 0.2) is 53.4 Å². The molecule has 0 aliphatic carbocycles. The second kappa shape index (κ2) is 9.89. The summed E-state index contributed by atoms with van der Waals surface area (Å²) in [4.78, 5) is 12.9. The fourth-order valence-corrected chi connectivity index (χ4v) is 4.79. The topological polar surface area (TPSA) is 75.7 Å². The molecule has 1 N–H and O–H groups in total. The Kier molecular flexibility index (Phi) is 7.28. The van der Waals surface area contributed by atoms with Gasteiger partial charge in [0, 0.05) is 18.8 Å². The molecule has 1 aliphatic heterocycles. The van der Waals surface area contributed by atoms with Crippen LogP contribution in [0.5, 0.6) is 5.75 Å². The van der Waals surface area contributed by atoms with Gasteiger partial charge in [-0.1, -0.05) is 31.9 Å². The van der Waals surface area contributed by atoms with Crippen molar-refractivity contribution in [2.75, 3.05) is 25.0 Å². The monoisotopic (exact) mass is 416 g/mol. The number of benzene rings is 2. The van der Waals surface area contributed by atoms with Gasteiger partial charge < -0.3 is 10.1 Å². The molecule has 0 atom stereocenters. The number of hydrogen-bond donors (Lipinski definition) is 1. The highest BCUT2D eigenvalue weighted by Gasteiger charge is 2.25. The lowest BCUT2D eigenvalue weighted by Gasteiger charge is -2.25. The van der Waals surface area contributed by atoms with Crippen LogP contribution in [0, 0.1) is 0 Å². The molecule has 2 aromatic rings. The van der Waals surface area contributed by atoms with E-state index >= 15 is 0 Å². The molecule has 0 saturated carbocycles. The van der Waals surface area contributed by atoms with Crippen molar-refractivity contribution in [1.29, 1.82) is 0 Å². The molecule has 3 rings (SSSR count). The van der Waals surface area contributed by atoms with E-state index in [1.54, 1.807) is 42.5 Å². The molecule has 29 heavy (non-hydrogen) atoms. The molecular weight excluding hydrogens is 388 g/mol. The van der Waals surface area contributed by atoms with Crippen molar-refractivity contribution in [3.8, 4) is 5.75 Å². The summed E-state index contributed by atoms with van der Waals surface area (Å²) in [6.07, 6.45) is 4.80. The summed E-state index contributed by atoms with van der Waals surface area (Å²) in [6.45, 7) is 3.77. The van der Waals surface area contributed by atoms with Crippen LogP contribution < -0.4 is 10.1 Å². The first-order valence-electron chi connectivity index (χ1n) is 10.2. The summed E-state index contributed by atoms with van der Waals surface area (Å²) in [5, 5.41) is 2.82. The number of amides is 1. The van der Waals surface area contributed by atoms with Crippen molar-refractivity contribution in [3.63, 3.8) is 0 Å².